The van der Waals surface area contributed by atoms with Gasteiger partial charge in [-0.05, 0) is 29.8 Å². The highest BCUT2D eigenvalue weighted by atomic mass is 79.9. The molecule has 0 unspecified atom stereocenters. The lowest BCUT2D eigenvalue weighted by Crippen LogP contribution is -2.05. The summed E-state index contributed by atoms with van der Waals surface area (Å²) in [7, 11) is 0. The average molecular weight is 303 g/mol. The fourth-order valence-corrected chi connectivity index (χ4v) is 1.77. The summed E-state index contributed by atoms with van der Waals surface area (Å²) in [4.78, 5) is 1.37. The van der Waals surface area contributed by atoms with Crippen molar-refractivity contribution >= 4 is 15.9 Å². The molecule has 17 heavy (non-hydrogen) atoms. The minimum Gasteiger partial charge on any atom is -0.205 e. The van der Waals surface area contributed by atoms with Gasteiger partial charge in [-0.2, -0.15) is 4.80 Å². The number of tetrazole rings is 1. The Kier molecular flexibility index (Phi) is 3.46. The highest BCUT2D eigenvalue weighted by molar-refractivity contribution is 9.10. The third-order valence-corrected chi connectivity index (χ3v) is 2.96. The summed E-state index contributed by atoms with van der Waals surface area (Å²) >= 11 is 3.31. The van der Waals surface area contributed by atoms with Crippen LogP contribution in [0.4, 0.5) is 8.78 Å². The summed E-state index contributed by atoms with van der Waals surface area (Å²) in [5.74, 6) is 0.547. The number of hydrogen-bond donors (Lipinski definition) is 0. The molecule has 0 bridgehead atoms. The predicted molar refractivity (Wildman–Crippen MR) is 60.8 cm³/mol. The van der Waals surface area contributed by atoms with Gasteiger partial charge in [0.15, 0.2) is 5.82 Å². The molecule has 0 saturated carbocycles. The fraction of sp³-hybridized carbons (Fsp3) is 0.300. The van der Waals surface area contributed by atoms with Gasteiger partial charge in [0.25, 0.3) is 6.43 Å². The molecule has 0 saturated heterocycles. The first-order valence-electron chi connectivity index (χ1n) is 4.87. The number of aromatic nitrogens is 4. The van der Waals surface area contributed by atoms with Gasteiger partial charge < -0.3 is 0 Å². The van der Waals surface area contributed by atoms with E-state index in [1.165, 1.54) is 16.9 Å². The Labute approximate surface area is 105 Å². The number of nitrogens with zero attached hydrogens (tertiary/aromatic N) is 4. The first kappa shape index (κ1) is 12.1. The molecule has 0 aliphatic rings. The van der Waals surface area contributed by atoms with E-state index in [-0.39, 0.29) is 5.56 Å². The van der Waals surface area contributed by atoms with E-state index in [0.29, 0.717) is 17.9 Å². The Bertz CT molecular complexity index is 527. The minimum atomic E-state index is -2.48. The summed E-state index contributed by atoms with van der Waals surface area (Å²) in [6, 6.07) is 4.42. The second kappa shape index (κ2) is 4.87. The maximum Gasteiger partial charge on any atom is 0.263 e. The maximum atomic E-state index is 12.6. The molecule has 0 atom stereocenters. The molecule has 7 heteroatoms. The van der Waals surface area contributed by atoms with Gasteiger partial charge in [0.1, 0.15) is 0 Å². The number of benzene rings is 1. The van der Waals surface area contributed by atoms with Crippen LogP contribution in [0.25, 0.3) is 0 Å². The van der Waals surface area contributed by atoms with Crippen molar-refractivity contribution in [1.29, 1.82) is 0 Å². The molecule has 90 valence electrons. The highest BCUT2D eigenvalue weighted by Crippen LogP contribution is 2.25. The fourth-order valence-electron chi connectivity index (χ4n) is 1.39. The zero-order chi connectivity index (χ0) is 12.4. The Balaban J connectivity index is 2.28. The topological polar surface area (TPSA) is 43.6 Å². The summed E-state index contributed by atoms with van der Waals surface area (Å²) in [6.07, 6.45) is -2.48. The van der Waals surface area contributed by atoms with Crippen LogP contribution in [0.1, 0.15) is 23.4 Å². The van der Waals surface area contributed by atoms with Crippen molar-refractivity contribution < 1.29 is 8.78 Å². The molecule has 4 nitrogen and oxygen atoms in total. The maximum absolute atomic E-state index is 12.6. The van der Waals surface area contributed by atoms with Crippen molar-refractivity contribution in [2.45, 2.75) is 19.9 Å². The molecule has 1 aromatic carbocycles. The van der Waals surface area contributed by atoms with Gasteiger partial charge >= 0.3 is 0 Å². The van der Waals surface area contributed by atoms with E-state index >= 15 is 0 Å². The largest absolute Gasteiger partial charge is 0.263 e. The van der Waals surface area contributed by atoms with E-state index in [1.54, 1.807) is 13.0 Å². The van der Waals surface area contributed by atoms with Crippen LogP contribution in [0.15, 0.2) is 22.7 Å². The molecular weight excluding hydrogens is 294 g/mol. The van der Waals surface area contributed by atoms with Gasteiger partial charge in [-0.15, -0.1) is 10.2 Å². The lowest BCUT2D eigenvalue weighted by atomic mass is 10.1. The standard InChI is InChI=1S/C10H9BrF2N4/c1-6-14-16-17(15-6)5-8-4-7(10(12)13)2-3-9(8)11/h2-4,10H,5H2,1H3. The predicted octanol–water partition coefficient (Wildman–Crippen LogP) is 2.73. The van der Waals surface area contributed by atoms with E-state index in [1.807, 2.05) is 0 Å². The van der Waals surface area contributed by atoms with Gasteiger partial charge in [-0.3, -0.25) is 0 Å². The molecule has 0 fully saturated rings. The molecule has 1 heterocycles. The van der Waals surface area contributed by atoms with Gasteiger partial charge in [0.2, 0.25) is 0 Å². The second-order valence-corrected chi connectivity index (χ2v) is 4.37. The van der Waals surface area contributed by atoms with Crippen molar-refractivity contribution in [3.8, 4) is 0 Å². The summed E-state index contributed by atoms with van der Waals surface area (Å²) in [6.45, 7) is 2.02. The smallest absolute Gasteiger partial charge is 0.205 e. The SMILES string of the molecule is Cc1nnn(Cc2cc(C(F)F)ccc2Br)n1. The zero-order valence-corrected chi connectivity index (χ0v) is 10.5. The van der Waals surface area contributed by atoms with Crippen LogP contribution in [0.2, 0.25) is 0 Å². The van der Waals surface area contributed by atoms with Gasteiger partial charge in [-0.1, -0.05) is 22.0 Å². The van der Waals surface area contributed by atoms with Crippen molar-refractivity contribution in [2.75, 3.05) is 0 Å². The van der Waals surface area contributed by atoms with Crippen LogP contribution in [-0.2, 0) is 6.54 Å². The molecule has 0 N–H and O–H groups in total. The van der Waals surface area contributed by atoms with Gasteiger partial charge in [-0.25, -0.2) is 8.78 Å². The zero-order valence-electron chi connectivity index (χ0n) is 8.94. The minimum absolute atomic E-state index is 0.0139. The van der Waals surface area contributed by atoms with Crippen LogP contribution in [-0.4, -0.2) is 20.2 Å². The summed E-state index contributed by atoms with van der Waals surface area (Å²) in [5, 5.41) is 11.5. The van der Waals surface area contributed by atoms with E-state index in [2.05, 4.69) is 31.3 Å². The van der Waals surface area contributed by atoms with Crippen LogP contribution >= 0.6 is 15.9 Å². The first-order valence-corrected chi connectivity index (χ1v) is 5.66. The summed E-state index contributed by atoms with van der Waals surface area (Å²) in [5.41, 5.74) is 0.681. The van der Waals surface area contributed by atoms with Crippen LogP contribution in [0.5, 0.6) is 0 Å². The first-order chi connectivity index (χ1) is 8.06. The quantitative estimate of drug-likeness (QED) is 0.875. The molecule has 2 aromatic rings. The third kappa shape index (κ3) is 2.85. The Hall–Kier alpha value is -1.37. The van der Waals surface area contributed by atoms with Crippen molar-refractivity contribution in [1.82, 2.24) is 20.2 Å². The Morgan fingerprint density at radius 2 is 2.18 bits per heavy atom. The Morgan fingerprint density at radius 1 is 1.41 bits per heavy atom. The monoisotopic (exact) mass is 302 g/mol. The molecule has 1 aromatic heterocycles. The van der Waals surface area contributed by atoms with E-state index in [9.17, 15) is 8.78 Å². The lowest BCUT2D eigenvalue weighted by Gasteiger charge is -2.06. The molecule has 0 amide bonds. The van der Waals surface area contributed by atoms with Crippen LogP contribution in [0, 0.1) is 6.92 Å². The molecule has 0 spiro atoms. The lowest BCUT2D eigenvalue weighted by molar-refractivity contribution is 0.151. The second-order valence-electron chi connectivity index (χ2n) is 3.52. The van der Waals surface area contributed by atoms with Gasteiger partial charge in [0.05, 0.1) is 6.54 Å². The number of hydrogen-bond acceptors (Lipinski definition) is 3. The molecule has 0 aliphatic heterocycles. The van der Waals surface area contributed by atoms with E-state index < -0.39 is 6.43 Å². The van der Waals surface area contributed by atoms with Crippen LogP contribution in [0.3, 0.4) is 0 Å². The molecule has 0 aliphatic carbocycles. The number of rotatable bonds is 3. The van der Waals surface area contributed by atoms with Gasteiger partial charge in [0, 0.05) is 10.0 Å². The Morgan fingerprint density at radius 3 is 2.76 bits per heavy atom. The van der Waals surface area contributed by atoms with E-state index in [4.69, 9.17) is 0 Å². The number of aryl methyl sites for hydroxylation is 1. The third-order valence-electron chi connectivity index (χ3n) is 2.19. The molecule has 2 rings (SSSR count). The normalized spacial score (nSPS) is 11.1. The number of alkyl halides is 2. The van der Waals surface area contributed by atoms with Crippen LogP contribution < -0.4 is 0 Å². The summed E-state index contributed by atoms with van der Waals surface area (Å²) < 4.78 is 25.9. The molecule has 0 radical (unpaired) electrons. The average Bonchev–Trinajstić information content (AvgIpc) is 2.67. The molecular formula is C10H9BrF2N4. The van der Waals surface area contributed by atoms with Crippen molar-refractivity contribution in [3.63, 3.8) is 0 Å². The van der Waals surface area contributed by atoms with Crippen molar-refractivity contribution in [3.05, 3.63) is 39.6 Å². The number of halogens is 3. The van der Waals surface area contributed by atoms with Crippen molar-refractivity contribution in [2.24, 2.45) is 0 Å². The van der Waals surface area contributed by atoms with E-state index in [0.717, 1.165) is 4.47 Å². The highest BCUT2D eigenvalue weighted by Gasteiger charge is 2.10.